The largest absolute Gasteiger partial charge is 0.417 e. The summed E-state index contributed by atoms with van der Waals surface area (Å²) >= 11 is 5.82. The van der Waals surface area contributed by atoms with Crippen molar-refractivity contribution in [1.82, 2.24) is 14.5 Å². The molecule has 0 spiro atoms. The van der Waals surface area contributed by atoms with E-state index in [4.69, 9.17) is 11.6 Å². The van der Waals surface area contributed by atoms with Crippen LogP contribution in [-0.4, -0.2) is 34.6 Å². The smallest absolute Gasteiger partial charge is 0.344 e. The third-order valence-corrected chi connectivity index (χ3v) is 8.34. The van der Waals surface area contributed by atoms with Crippen molar-refractivity contribution < 1.29 is 21.6 Å². The minimum Gasteiger partial charge on any atom is -0.344 e. The summed E-state index contributed by atoms with van der Waals surface area (Å²) in [7, 11) is -3.72. The number of pyridine rings is 2. The topological polar surface area (TPSA) is 64.8 Å². The molecule has 5 nitrogen and oxygen atoms in total. The summed E-state index contributed by atoms with van der Waals surface area (Å²) < 4.78 is 67.8. The second-order valence-corrected chi connectivity index (χ2v) is 11.5. The van der Waals surface area contributed by atoms with Gasteiger partial charge in [-0.1, -0.05) is 31.2 Å². The maximum Gasteiger partial charge on any atom is 0.417 e. The highest BCUT2D eigenvalue weighted by atomic mass is 35.5. The lowest BCUT2D eigenvalue weighted by Crippen LogP contribution is -2.12. The van der Waals surface area contributed by atoms with Crippen LogP contribution in [0.1, 0.15) is 36.8 Å². The fourth-order valence-electron chi connectivity index (χ4n) is 4.29. The molecule has 36 heavy (non-hydrogen) atoms. The van der Waals surface area contributed by atoms with Crippen LogP contribution in [-0.2, 0) is 22.6 Å². The lowest BCUT2D eigenvalue weighted by molar-refractivity contribution is -0.138. The number of fused-ring (bicyclic) bond motifs is 1. The summed E-state index contributed by atoms with van der Waals surface area (Å²) in [5.41, 5.74) is 2.69. The van der Waals surface area contributed by atoms with Crippen LogP contribution >= 0.6 is 11.6 Å². The molecule has 1 fully saturated rings. The number of nitrogens with zero attached hydrogens (tertiary/aromatic N) is 3. The maximum absolute atomic E-state index is 13.4. The summed E-state index contributed by atoms with van der Waals surface area (Å²) in [5, 5.41) is 0. The first-order valence-electron chi connectivity index (χ1n) is 11.6. The zero-order valence-corrected chi connectivity index (χ0v) is 21.0. The van der Waals surface area contributed by atoms with Gasteiger partial charge in [0.25, 0.3) is 0 Å². The van der Waals surface area contributed by atoms with Gasteiger partial charge in [0.2, 0.25) is 0 Å². The number of aryl methyl sites for hydroxylation is 1. The molecule has 3 heterocycles. The highest BCUT2D eigenvalue weighted by molar-refractivity contribution is 7.91. The highest BCUT2D eigenvalue weighted by Crippen LogP contribution is 2.41. The van der Waals surface area contributed by atoms with Crippen LogP contribution in [0.15, 0.2) is 59.8 Å². The Morgan fingerprint density at radius 1 is 1.06 bits per heavy atom. The second kappa shape index (κ2) is 9.19. The molecule has 1 aliphatic carbocycles. The Labute approximate surface area is 212 Å². The van der Waals surface area contributed by atoms with E-state index < -0.39 is 21.6 Å². The molecule has 3 aliphatic rings. The van der Waals surface area contributed by atoms with E-state index in [0.29, 0.717) is 17.2 Å². The Balaban J connectivity index is 1.64. The fourth-order valence-corrected chi connectivity index (χ4v) is 5.54. The number of benzene rings is 1. The van der Waals surface area contributed by atoms with E-state index in [2.05, 4.69) is 9.97 Å². The van der Waals surface area contributed by atoms with Crippen LogP contribution in [0, 0.1) is 0 Å². The van der Waals surface area contributed by atoms with Crippen molar-refractivity contribution in [2.45, 2.75) is 43.3 Å². The van der Waals surface area contributed by atoms with E-state index >= 15 is 0 Å². The minimum absolute atomic E-state index is 0.00323. The number of aromatic nitrogens is 3. The Morgan fingerprint density at radius 2 is 1.78 bits per heavy atom. The van der Waals surface area contributed by atoms with Crippen LogP contribution in [0.5, 0.6) is 0 Å². The van der Waals surface area contributed by atoms with Gasteiger partial charge in [0.05, 0.1) is 33.3 Å². The van der Waals surface area contributed by atoms with Crippen LogP contribution < -0.4 is 0 Å². The Morgan fingerprint density at radius 3 is 2.39 bits per heavy atom. The number of halogens is 4. The maximum atomic E-state index is 13.4. The van der Waals surface area contributed by atoms with Gasteiger partial charge < -0.3 is 4.57 Å². The number of rotatable bonds is 7. The van der Waals surface area contributed by atoms with Gasteiger partial charge in [-0.3, -0.25) is 4.98 Å². The third-order valence-electron chi connectivity index (χ3n) is 6.43. The average Bonchev–Trinajstić information content (AvgIpc) is 3.61. The molecular formula is C26H23ClF3N3O2S. The molecule has 188 valence electrons. The molecule has 0 radical (unpaired) electrons. The van der Waals surface area contributed by atoms with Crippen molar-refractivity contribution in [2.75, 3.05) is 11.6 Å². The molecule has 2 aromatic rings. The van der Waals surface area contributed by atoms with Crippen molar-refractivity contribution in [3.8, 4) is 33.9 Å². The molecule has 1 aromatic heterocycles. The standard InChI is InChI=1S/C26H23ClF3N3O2S/c1-2-36(34,35)24-11-19(18-7-5-17(6-8-18)16-3-4-16)14-31-25(24)22-13-23-21(32-22)12-20(26(28,29)30)15-33(23)10-9-27/h5-8,11-16H,2-4,9-10H2,1H3. The van der Waals surface area contributed by atoms with Crippen molar-refractivity contribution in [3.63, 3.8) is 0 Å². The Bertz CT molecular complexity index is 1490. The summed E-state index contributed by atoms with van der Waals surface area (Å²) in [5.74, 6) is 0.549. The quantitative estimate of drug-likeness (QED) is 0.250. The normalized spacial score (nSPS) is 14.5. The Hall–Kier alpha value is -2.91. The summed E-state index contributed by atoms with van der Waals surface area (Å²) in [6.45, 7) is 1.67. The molecule has 1 aromatic carbocycles. The lowest BCUT2D eigenvalue weighted by atomic mass is 10.0. The number of sulfone groups is 1. The fraction of sp³-hybridized carbons (Fsp3) is 0.308. The first-order valence-corrected chi connectivity index (χ1v) is 13.8. The number of hydrogen-bond donors (Lipinski definition) is 0. The van der Waals surface area contributed by atoms with Crippen LogP contribution in [0.2, 0.25) is 0 Å². The molecule has 0 N–H and O–H groups in total. The zero-order valence-electron chi connectivity index (χ0n) is 19.4. The second-order valence-electron chi connectivity index (χ2n) is 8.89. The van der Waals surface area contributed by atoms with Crippen molar-refractivity contribution in [2.24, 2.45) is 0 Å². The predicted molar refractivity (Wildman–Crippen MR) is 133 cm³/mol. The molecule has 0 unspecified atom stereocenters. The summed E-state index contributed by atoms with van der Waals surface area (Å²) in [6, 6.07) is 12.1. The van der Waals surface area contributed by atoms with Crippen LogP contribution in [0.3, 0.4) is 0 Å². The van der Waals surface area contributed by atoms with Crippen molar-refractivity contribution in [3.05, 3.63) is 66.0 Å². The first kappa shape index (κ1) is 24.8. The SMILES string of the molecule is CCS(=O)(=O)c1cc(-c2ccc(C3CC3)cc2)cnc1-c1cc2n(CCCl)cc(C(F)(F)F)cc-2n1. The van der Waals surface area contributed by atoms with Crippen molar-refractivity contribution >= 4 is 21.4 Å². The zero-order chi connectivity index (χ0) is 25.7. The molecule has 5 rings (SSSR count). The number of hydrogen-bond acceptors (Lipinski definition) is 4. The van der Waals surface area contributed by atoms with Gasteiger partial charge >= 0.3 is 6.18 Å². The first-order chi connectivity index (χ1) is 17.1. The van der Waals surface area contributed by atoms with E-state index in [-0.39, 0.29) is 40.2 Å². The molecule has 1 saturated carbocycles. The summed E-state index contributed by atoms with van der Waals surface area (Å²) in [4.78, 5) is 8.81. The summed E-state index contributed by atoms with van der Waals surface area (Å²) in [6.07, 6.45) is 0.369. The molecule has 0 bridgehead atoms. The van der Waals surface area contributed by atoms with Gasteiger partial charge in [-0.2, -0.15) is 13.2 Å². The molecular weight excluding hydrogens is 511 g/mol. The van der Waals surface area contributed by atoms with E-state index in [9.17, 15) is 21.6 Å². The van der Waals surface area contributed by atoms with E-state index in [1.54, 1.807) is 18.3 Å². The van der Waals surface area contributed by atoms with E-state index in [0.717, 1.165) is 17.8 Å². The van der Waals surface area contributed by atoms with Gasteiger partial charge in [-0.25, -0.2) is 13.4 Å². The van der Waals surface area contributed by atoms with Gasteiger partial charge in [-0.15, -0.1) is 11.6 Å². The molecule has 0 atom stereocenters. The highest BCUT2D eigenvalue weighted by Gasteiger charge is 2.33. The lowest BCUT2D eigenvalue weighted by Gasteiger charge is -2.15. The van der Waals surface area contributed by atoms with E-state index in [1.165, 1.54) is 29.9 Å². The molecule has 10 heteroatoms. The van der Waals surface area contributed by atoms with Gasteiger partial charge in [0.15, 0.2) is 9.84 Å². The van der Waals surface area contributed by atoms with Crippen molar-refractivity contribution in [1.29, 1.82) is 0 Å². The average molecular weight is 534 g/mol. The van der Waals surface area contributed by atoms with Crippen LogP contribution in [0.4, 0.5) is 13.2 Å². The molecule has 2 aliphatic heterocycles. The van der Waals surface area contributed by atoms with Gasteiger partial charge in [-0.05, 0) is 48.1 Å². The minimum atomic E-state index is -4.56. The molecule has 0 amide bonds. The third kappa shape index (κ3) is 4.74. The Kier molecular flexibility index (Phi) is 6.32. The van der Waals surface area contributed by atoms with E-state index in [1.807, 2.05) is 24.3 Å². The monoisotopic (exact) mass is 533 g/mol. The predicted octanol–water partition coefficient (Wildman–Crippen LogP) is 6.65. The van der Waals surface area contributed by atoms with Gasteiger partial charge in [0.1, 0.15) is 5.69 Å². The number of alkyl halides is 4. The van der Waals surface area contributed by atoms with Gasteiger partial charge in [0, 0.05) is 30.4 Å². The molecule has 0 saturated heterocycles. The van der Waals surface area contributed by atoms with Crippen LogP contribution in [0.25, 0.3) is 33.9 Å².